The van der Waals surface area contributed by atoms with E-state index in [9.17, 15) is 9.59 Å². The van der Waals surface area contributed by atoms with Crippen LogP contribution >= 0.6 is 0 Å². The third-order valence-electron chi connectivity index (χ3n) is 5.04. The predicted octanol–water partition coefficient (Wildman–Crippen LogP) is 2.26. The average molecular weight is 384 g/mol. The summed E-state index contributed by atoms with van der Waals surface area (Å²) >= 11 is 0. The van der Waals surface area contributed by atoms with Crippen LogP contribution in [-0.4, -0.2) is 58.1 Å². The minimum absolute atomic E-state index is 0.0617. The molecule has 2 aromatic rings. The molecule has 1 fully saturated rings. The summed E-state index contributed by atoms with van der Waals surface area (Å²) in [6, 6.07) is 9.59. The normalized spacial score (nSPS) is 14.9. The number of nitrogens with zero attached hydrogens (tertiary/aromatic N) is 4. The van der Waals surface area contributed by atoms with Gasteiger partial charge >= 0.3 is 0 Å². The first kappa shape index (κ1) is 19.9. The van der Waals surface area contributed by atoms with Gasteiger partial charge in [-0.3, -0.25) is 14.3 Å². The molecule has 1 aromatic heterocycles. The van der Waals surface area contributed by atoms with E-state index >= 15 is 0 Å². The summed E-state index contributed by atoms with van der Waals surface area (Å²) in [6.45, 7) is 4.07. The lowest BCUT2D eigenvalue weighted by Gasteiger charge is -2.22. The molecule has 0 N–H and O–H groups in total. The van der Waals surface area contributed by atoms with Gasteiger partial charge in [-0.25, -0.2) is 0 Å². The number of carbonyl (C=O) groups is 2. The second-order valence-electron chi connectivity index (χ2n) is 7.10. The summed E-state index contributed by atoms with van der Waals surface area (Å²) < 4.78 is 6.91. The molecule has 7 heteroatoms. The molecule has 0 atom stereocenters. The molecule has 0 aliphatic carbocycles. The lowest BCUT2D eigenvalue weighted by atomic mass is 10.2. The maximum absolute atomic E-state index is 13.0. The molecule has 0 saturated carbocycles. The Balaban J connectivity index is 1.67. The molecular weight excluding hydrogens is 356 g/mol. The van der Waals surface area contributed by atoms with E-state index in [0.29, 0.717) is 38.3 Å². The first-order valence-electron chi connectivity index (χ1n) is 9.74. The number of aromatic nitrogens is 2. The molecule has 0 bridgehead atoms. The van der Waals surface area contributed by atoms with Crippen molar-refractivity contribution >= 4 is 11.8 Å². The van der Waals surface area contributed by atoms with Crippen molar-refractivity contribution in [3.8, 4) is 5.75 Å². The van der Waals surface area contributed by atoms with Crippen LogP contribution in [0.25, 0.3) is 0 Å². The standard InChI is InChI=1S/C21H28N4O3/c1-4-6-17-14-19(23(2)22-17)21(27)24-10-9-20(26)25(12-11-24)15-16-7-5-8-18(13-16)28-3/h5,7-8,13-14H,4,6,9-12,15H2,1-3H3. The van der Waals surface area contributed by atoms with Crippen LogP contribution in [0, 0.1) is 0 Å². The van der Waals surface area contributed by atoms with Gasteiger partial charge in [0.25, 0.3) is 5.91 Å². The number of hydrogen-bond acceptors (Lipinski definition) is 4. The Morgan fingerprint density at radius 2 is 2.04 bits per heavy atom. The van der Waals surface area contributed by atoms with E-state index in [1.807, 2.05) is 35.2 Å². The largest absolute Gasteiger partial charge is 0.497 e. The smallest absolute Gasteiger partial charge is 0.272 e. The van der Waals surface area contributed by atoms with Gasteiger partial charge in [0.05, 0.1) is 12.8 Å². The molecule has 28 heavy (non-hydrogen) atoms. The number of methoxy groups -OCH3 is 1. The lowest BCUT2D eigenvalue weighted by Crippen LogP contribution is -2.36. The number of carbonyl (C=O) groups excluding carboxylic acids is 2. The number of rotatable bonds is 6. The molecule has 1 aliphatic heterocycles. The molecule has 0 unspecified atom stereocenters. The maximum Gasteiger partial charge on any atom is 0.272 e. The zero-order valence-corrected chi connectivity index (χ0v) is 16.9. The molecule has 2 heterocycles. The molecule has 1 aromatic carbocycles. The summed E-state index contributed by atoms with van der Waals surface area (Å²) in [7, 11) is 3.43. The topological polar surface area (TPSA) is 67.7 Å². The minimum atomic E-state index is -0.0617. The molecule has 1 aliphatic rings. The maximum atomic E-state index is 13.0. The van der Waals surface area contributed by atoms with Crippen molar-refractivity contribution in [2.24, 2.45) is 7.05 Å². The highest BCUT2D eigenvalue weighted by atomic mass is 16.5. The molecule has 0 spiro atoms. The van der Waals surface area contributed by atoms with Gasteiger partial charge in [0, 0.05) is 39.6 Å². The third kappa shape index (κ3) is 4.52. The quantitative estimate of drug-likeness (QED) is 0.766. The Kier molecular flexibility index (Phi) is 6.34. The van der Waals surface area contributed by atoms with E-state index in [1.165, 1.54) is 0 Å². The van der Waals surface area contributed by atoms with Crippen LogP contribution in [0.4, 0.5) is 0 Å². The van der Waals surface area contributed by atoms with Gasteiger partial charge in [-0.15, -0.1) is 0 Å². The number of hydrogen-bond donors (Lipinski definition) is 0. The van der Waals surface area contributed by atoms with Crippen LogP contribution in [0.2, 0.25) is 0 Å². The summed E-state index contributed by atoms with van der Waals surface area (Å²) in [5.74, 6) is 0.777. The van der Waals surface area contributed by atoms with Gasteiger partial charge in [0.1, 0.15) is 11.4 Å². The minimum Gasteiger partial charge on any atom is -0.497 e. The Morgan fingerprint density at radius 3 is 2.79 bits per heavy atom. The van der Waals surface area contributed by atoms with Crippen LogP contribution < -0.4 is 4.74 Å². The SMILES string of the molecule is CCCc1cc(C(=O)N2CCC(=O)N(Cc3cccc(OC)c3)CC2)n(C)n1. The van der Waals surface area contributed by atoms with Gasteiger partial charge in [-0.2, -0.15) is 5.10 Å². The number of aryl methyl sites for hydroxylation is 2. The first-order valence-corrected chi connectivity index (χ1v) is 9.74. The van der Waals surface area contributed by atoms with Crippen molar-refractivity contribution in [1.29, 1.82) is 0 Å². The van der Waals surface area contributed by atoms with Crippen LogP contribution in [0.1, 0.15) is 41.5 Å². The van der Waals surface area contributed by atoms with Crippen LogP contribution in [-0.2, 0) is 24.8 Å². The second kappa shape index (κ2) is 8.91. The van der Waals surface area contributed by atoms with Crippen molar-refractivity contribution in [3.63, 3.8) is 0 Å². The van der Waals surface area contributed by atoms with Gasteiger partial charge in [-0.05, 0) is 30.2 Å². The van der Waals surface area contributed by atoms with Gasteiger partial charge < -0.3 is 14.5 Å². The van der Waals surface area contributed by atoms with Crippen LogP contribution in [0.3, 0.4) is 0 Å². The molecule has 3 rings (SSSR count). The molecule has 2 amide bonds. The highest BCUT2D eigenvalue weighted by molar-refractivity contribution is 5.93. The zero-order chi connectivity index (χ0) is 20.1. The third-order valence-corrected chi connectivity index (χ3v) is 5.04. The van der Waals surface area contributed by atoms with Crippen LogP contribution in [0.5, 0.6) is 5.75 Å². The molecule has 7 nitrogen and oxygen atoms in total. The van der Waals surface area contributed by atoms with E-state index in [-0.39, 0.29) is 11.8 Å². The van der Waals surface area contributed by atoms with E-state index < -0.39 is 0 Å². The van der Waals surface area contributed by atoms with Crippen molar-refractivity contribution in [2.75, 3.05) is 26.7 Å². The number of benzene rings is 1. The molecule has 150 valence electrons. The Bertz CT molecular complexity index is 846. The fourth-order valence-corrected chi connectivity index (χ4v) is 3.50. The van der Waals surface area contributed by atoms with Crippen LogP contribution in [0.15, 0.2) is 30.3 Å². The highest BCUT2D eigenvalue weighted by Crippen LogP contribution is 2.17. The van der Waals surface area contributed by atoms with E-state index in [2.05, 4.69) is 12.0 Å². The van der Waals surface area contributed by atoms with Crippen molar-refractivity contribution in [3.05, 3.63) is 47.3 Å². The fourth-order valence-electron chi connectivity index (χ4n) is 3.50. The van der Waals surface area contributed by atoms with E-state index in [4.69, 9.17) is 4.74 Å². The summed E-state index contributed by atoms with van der Waals surface area (Å²) in [6.07, 6.45) is 2.17. The van der Waals surface area contributed by atoms with Gasteiger partial charge in [0.2, 0.25) is 5.91 Å². The summed E-state index contributed by atoms with van der Waals surface area (Å²) in [4.78, 5) is 29.1. The molecule has 0 radical (unpaired) electrons. The van der Waals surface area contributed by atoms with Gasteiger partial charge in [0.15, 0.2) is 0 Å². The monoisotopic (exact) mass is 384 g/mol. The average Bonchev–Trinajstić information content (AvgIpc) is 2.96. The summed E-state index contributed by atoms with van der Waals surface area (Å²) in [5, 5.41) is 4.42. The summed E-state index contributed by atoms with van der Waals surface area (Å²) in [5.41, 5.74) is 2.53. The Hall–Kier alpha value is -2.83. The number of amides is 2. The van der Waals surface area contributed by atoms with Crippen molar-refractivity contribution in [1.82, 2.24) is 19.6 Å². The van der Waals surface area contributed by atoms with E-state index in [1.54, 1.807) is 23.7 Å². The van der Waals surface area contributed by atoms with Crippen molar-refractivity contribution < 1.29 is 14.3 Å². The predicted molar refractivity (Wildman–Crippen MR) is 106 cm³/mol. The molecular formula is C21H28N4O3. The first-order chi connectivity index (χ1) is 13.5. The molecule has 1 saturated heterocycles. The zero-order valence-electron chi connectivity index (χ0n) is 16.9. The van der Waals surface area contributed by atoms with Crippen molar-refractivity contribution in [2.45, 2.75) is 32.7 Å². The van der Waals surface area contributed by atoms with E-state index in [0.717, 1.165) is 29.8 Å². The second-order valence-corrected chi connectivity index (χ2v) is 7.10. The lowest BCUT2D eigenvalue weighted by molar-refractivity contribution is -0.130. The highest BCUT2D eigenvalue weighted by Gasteiger charge is 2.26. The van der Waals surface area contributed by atoms with Gasteiger partial charge in [-0.1, -0.05) is 25.5 Å². The number of ether oxygens (including phenoxy) is 1. The fraction of sp³-hybridized carbons (Fsp3) is 0.476. The Labute approximate surface area is 165 Å². The Morgan fingerprint density at radius 1 is 1.21 bits per heavy atom.